The van der Waals surface area contributed by atoms with Crippen molar-refractivity contribution in [1.82, 2.24) is 4.98 Å². The van der Waals surface area contributed by atoms with Crippen molar-refractivity contribution in [2.45, 2.75) is 19.8 Å². The van der Waals surface area contributed by atoms with Gasteiger partial charge in [-0.05, 0) is 42.8 Å². The Bertz CT molecular complexity index is 749. The first-order chi connectivity index (χ1) is 11.1. The molecule has 0 saturated heterocycles. The van der Waals surface area contributed by atoms with E-state index in [9.17, 15) is 14.4 Å². The predicted molar refractivity (Wildman–Crippen MR) is 85.4 cm³/mol. The highest BCUT2D eigenvalue weighted by atomic mass is 16.2. The number of hydrogen-bond donors (Lipinski definition) is 1. The van der Waals surface area contributed by atoms with E-state index in [-0.39, 0.29) is 17.5 Å². The second-order valence-electron chi connectivity index (χ2n) is 5.19. The van der Waals surface area contributed by atoms with E-state index >= 15 is 0 Å². The molecule has 0 spiro atoms. The number of nitrogens with zero attached hydrogens (tertiary/aromatic N) is 2. The molecule has 0 saturated carbocycles. The van der Waals surface area contributed by atoms with Gasteiger partial charge < -0.3 is 5.32 Å². The van der Waals surface area contributed by atoms with Crippen LogP contribution >= 0.6 is 0 Å². The van der Waals surface area contributed by atoms with Crippen LogP contribution in [0.5, 0.6) is 0 Å². The first kappa shape index (κ1) is 14.9. The number of carbonyl (C=O) groups excluding carboxylic acids is 3. The highest BCUT2D eigenvalue weighted by Crippen LogP contribution is 2.27. The average Bonchev–Trinajstić information content (AvgIpc) is 2.81. The minimum Gasteiger partial charge on any atom is -0.326 e. The summed E-state index contributed by atoms with van der Waals surface area (Å²) >= 11 is 0. The van der Waals surface area contributed by atoms with Crippen molar-refractivity contribution < 1.29 is 14.4 Å². The van der Waals surface area contributed by atoms with Gasteiger partial charge >= 0.3 is 0 Å². The molecule has 1 aromatic heterocycles. The molecule has 116 valence electrons. The lowest BCUT2D eigenvalue weighted by Crippen LogP contribution is -2.29. The maximum absolute atomic E-state index is 12.4. The SMILES string of the molecule is CCCC(=O)Nc1ccc(N2C(=O)c3cccnc3C2=O)cc1. The number of nitrogens with one attached hydrogen (secondary N) is 1. The Labute approximate surface area is 133 Å². The summed E-state index contributed by atoms with van der Waals surface area (Å²) in [6.07, 6.45) is 2.71. The molecule has 23 heavy (non-hydrogen) atoms. The van der Waals surface area contributed by atoms with E-state index < -0.39 is 5.91 Å². The number of rotatable bonds is 4. The molecule has 3 amide bonds. The molecule has 1 N–H and O–H groups in total. The monoisotopic (exact) mass is 309 g/mol. The molecule has 0 unspecified atom stereocenters. The molecule has 0 atom stereocenters. The van der Waals surface area contributed by atoms with Crippen molar-refractivity contribution >= 4 is 29.1 Å². The summed E-state index contributed by atoms with van der Waals surface area (Å²) in [7, 11) is 0. The van der Waals surface area contributed by atoms with Gasteiger partial charge in [-0.15, -0.1) is 0 Å². The van der Waals surface area contributed by atoms with Crippen LogP contribution in [0.1, 0.15) is 40.6 Å². The second kappa shape index (κ2) is 6.00. The molecule has 0 bridgehead atoms. The van der Waals surface area contributed by atoms with Crippen LogP contribution in [0.4, 0.5) is 11.4 Å². The van der Waals surface area contributed by atoms with Gasteiger partial charge in [0.2, 0.25) is 5.91 Å². The van der Waals surface area contributed by atoms with Crippen molar-refractivity contribution in [2.24, 2.45) is 0 Å². The van der Waals surface area contributed by atoms with E-state index in [0.717, 1.165) is 11.3 Å². The standard InChI is InChI=1S/C17H15N3O3/c1-2-4-14(21)19-11-6-8-12(9-7-11)20-16(22)13-5-3-10-18-15(13)17(20)23/h3,5-10H,2,4H2,1H3,(H,19,21). The molecular weight excluding hydrogens is 294 g/mol. The van der Waals surface area contributed by atoms with Gasteiger partial charge in [0.1, 0.15) is 5.69 Å². The summed E-state index contributed by atoms with van der Waals surface area (Å²) in [6, 6.07) is 9.80. The van der Waals surface area contributed by atoms with Crippen LogP contribution in [0.15, 0.2) is 42.6 Å². The second-order valence-corrected chi connectivity index (χ2v) is 5.19. The number of hydrogen-bond acceptors (Lipinski definition) is 4. The third-order valence-electron chi connectivity index (χ3n) is 3.53. The van der Waals surface area contributed by atoms with E-state index in [4.69, 9.17) is 0 Å². The largest absolute Gasteiger partial charge is 0.326 e. The number of anilines is 2. The fourth-order valence-corrected chi connectivity index (χ4v) is 2.45. The summed E-state index contributed by atoms with van der Waals surface area (Å²) < 4.78 is 0. The minimum atomic E-state index is -0.437. The van der Waals surface area contributed by atoms with Crippen LogP contribution in [0.3, 0.4) is 0 Å². The topological polar surface area (TPSA) is 79.4 Å². The van der Waals surface area contributed by atoms with E-state index in [1.54, 1.807) is 36.4 Å². The van der Waals surface area contributed by atoms with E-state index in [1.165, 1.54) is 6.20 Å². The van der Waals surface area contributed by atoms with Gasteiger partial charge in [-0.2, -0.15) is 0 Å². The number of pyridine rings is 1. The van der Waals surface area contributed by atoms with E-state index in [1.807, 2.05) is 6.92 Å². The van der Waals surface area contributed by atoms with Crippen molar-refractivity contribution in [1.29, 1.82) is 0 Å². The van der Waals surface area contributed by atoms with Crippen LogP contribution < -0.4 is 10.2 Å². The van der Waals surface area contributed by atoms with Gasteiger partial charge in [0.15, 0.2) is 0 Å². The fourth-order valence-electron chi connectivity index (χ4n) is 2.45. The zero-order valence-electron chi connectivity index (χ0n) is 12.6. The number of imide groups is 1. The molecule has 0 aliphatic carbocycles. The van der Waals surface area contributed by atoms with Gasteiger partial charge in [0, 0.05) is 18.3 Å². The minimum absolute atomic E-state index is 0.0646. The summed E-state index contributed by atoms with van der Waals surface area (Å²) in [6.45, 7) is 1.93. The molecule has 6 heteroatoms. The van der Waals surface area contributed by atoms with Crippen LogP contribution in [0, 0.1) is 0 Å². The fraction of sp³-hybridized carbons (Fsp3) is 0.176. The van der Waals surface area contributed by atoms with Crippen molar-refractivity contribution in [3.8, 4) is 0 Å². The summed E-state index contributed by atoms with van der Waals surface area (Å²) in [4.78, 5) is 41.3. The van der Waals surface area contributed by atoms with Gasteiger partial charge in [-0.3, -0.25) is 19.4 Å². The van der Waals surface area contributed by atoms with Gasteiger partial charge in [0.05, 0.1) is 11.3 Å². The number of fused-ring (bicyclic) bond motifs is 1. The van der Waals surface area contributed by atoms with Crippen molar-refractivity contribution in [2.75, 3.05) is 10.2 Å². The number of aromatic nitrogens is 1. The zero-order valence-corrected chi connectivity index (χ0v) is 12.6. The lowest BCUT2D eigenvalue weighted by Gasteiger charge is -2.14. The lowest BCUT2D eigenvalue weighted by atomic mass is 10.2. The maximum Gasteiger partial charge on any atom is 0.284 e. The molecule has 1 aliphatic rings. The highest BCUT2D eigenvalue weighted by Gasteiger charge is 2.37. The Hall–Kier alpha value is -3.02. The molecule has 2 heterocycles. The quantitative estimate of drug-likeness (QED) is 0.880. The molecule has 2 aromatic rings. The summed E-state index contributed by atoms with van der Waals surface area (Å²) in [5, 5.41) is 2.76. The molecule has 3 rings (SSSR count). The molecule has 6 nitrogen and oxygen atoms in total. The third kappa shape index (κ3) is 2.70. The normalized spacial score (nSPS) is 13.2. The summed E-state index contributed by atoms with van der Waals surface area (Å²) in [5.41, 5.74) is 1.55. The Kier molecular flexibility index (Phi) is 3.89. The number of benzene rings is 1. The Morgan fingerprint density at radius 2 is 1.87 bits per heavy atom. The molecule has 0 radical (unpaired) electrons. The molecule has 1 aromatic carbocycles. The Morgan fingerprint density at radius 3 is 2.52 bits per heavy atom. The van der Waals surface area contributed by atoms with Gasteiger partial charge in [0.25, 0.3) is 11.8 Å². The highest BCUT2D eigenvalue weighted by molar-refractivity contribution is 6.33. The predicted octanol–water partition coefficient (Wildman–Crippen LogP) is 2.62. The third-order valence-corrected chi connectivity index (χ3v) is 3.53. The van der Waals surface area contributed by atoms with Gasteiger partial charge in [-0.1, -0.05) is 6.92 Å². The summed E-state index contributed by atoms with van der Waals surface area (Å²) in [5.74, 6) is -0.889. The van der Waals surface area contributed by atoms with E-state index in [0.29, 0.717) is 23.4 Å². The molecule has 0 fully saturated rings. The van der Waals surface area contributed by atoms with Crippen LogP contribution in [0.2, 0.25) is 0 Å². The van der Waals surface area contributed by atoms with Crippen LogP contribution in [-0.2, 0) is 4.79 Å². The molecular formula is C17H15N3O3. The zero-order chi connectivity index (χ0) is 16.4. The Morgan fingerprint density at radius 1 is 1.13 bits per heavy atom. The van der Waals surface area contributed by atoms with Crippen LogP contribution in [0.25, 0.3) is 0 Å². The maximum atomic E-state index is 12.4. The first-order valence-corrected chi connectivity index (χ1v) is 7.35. The smallest absolute Gasteiger partial charge is 0.284 e. The van der Waals surface area contributed by atoms with E-state index in [2.05, 4.69) is 10.3 Å². The molecule has 1 aliphatic heterocycles. The number of amides is 3. The van der Waals surface area contributed by atoms with Crippen molar-refractivity contribution in [3.63, 3.8) is 0 Å². The Balaban J connectivity index is 1.82. The lowest BCUT2D eigenvalue weighted by molar-refractivity contribution is -0.116. The first-order valence-electron chi connectivity index (χ1n) is 7.35. The number of carbonyl (C=O) groups is 3. The van der Waals surface area contributed by atoms with Crippen LogP contribution in [-0.4, -0.2) is 22.7 Å². The van der Waals surface area contributed by atoms with Gasteiger partial charge in [-0.25, -0.2) is 4.90 Å². The average molecular weight is 309 g/mol. The van der Waals surface area contributed by atoms with Crippen molar-refractivity contribution in [3.05, 3.63) is 53.9 Å².